The molecule has 0 spiro atoms. The van der Waals surface area contributed by atoms with Crippen LogP contribution in [-0.4, -0.2) is 59.6 Å². The summed E-state index contributed by atoms with van der Waals surface area (Å²) in [6, 6.07) is 12.4. The second-order valence-electron chi connectivity index (χ2n) is 6.37. The molecule has 0 aromatic heterocycles. The fourth-order valence-corrected chi connectivity index (χ4v) is 2.98. The molecule has 1 aliphatic rings. The number of benzene rings is 2. The molecule has 1 aliphatic heterocycles. The molecule has 0 aliphatic carbocycles. The third-order valence-corrected chi connectivity index (χ3v) is 4.50. The highest BCUT2D eigenvalue weighted by Gasteiger charge is 2.34. The largest absolute Gasteiger partial charge is 0.508 e. The molecule has 3 N–H and O–H groups in total. The van der Waals surface area contributed by atoms with Gasteiger partial charge in [0.15, 0.2) is 5.78 Å². The van der Waals surface area contributed by atoms with Crippen molar-refractivity contribution in [1.82, 2.24) is 4.90 Å². The number of ether oxygens (including phenoxy) is 1. The number of hydrogen-bond donors (Lipinski definition) is 3. The number of carbonyl (C=O) groups excluding carboxylic acids is 3. The number of ketones is 1. The Kier molecular flexibility index (Phi) is 5.94. The Labute approximate surface area is 167 Å². The predicted octanol–water partition coefficient (Wildman–Crippen LogP) is 1.30. The number of phenolic OH excluding ortho intramolecular Hbond substituents is 1. The summed E-state index contributed by atoms with van der Waals surface area (Å²) in [5.41, 5.74) is 1.65. The second-order valence-corrected chi connectivity index (χ2v) is 6.37. The SMILES string of the molecule is COC(=O)C1=C(Nc2ccc(C(=O)c3ccc(O)cc3)cc2)C(=O)N(CCO)C1. The maximum atomic E-state index is 12.5. The fourth-order valence-electron chi connectivity index (χ4n) is 2.98. The summed E-state index contributed by atoms with van der Waals surface area (Å²) in [6.45, 7) is -0.0715. The van der Waals surface area contributed by atoms with Gasteiger partial charge in [0.05, 0.1) is 25.8 Å². The van der Waals surface area contributed by atoms with E-state index in [1.54, 1.807) is 24.3 Å². The fraction of sp³-hybridized carbons (Fsp3) is 0.190. The van der Waals surface area contributed by atoms with E-state index < -0.39 is 11.9 Å². The van der Waals surface area contributed by atoms with Crippen molar-refractivity contribution in [1.29, 1.82) is 0 Å². The van der Waals surface area contributed by atoms with Crippen molar-refractivity contribution >= 4 is 23.3 Å². The van der Waals surface area contributed by atoms with E-state index >= 15 is 0 Å². The van der Waals surface area contributed by atoms with Crippen LogP contribution in [0.25, 0.3) is 0 Å². The van der Waals surface area contributed by atoms with Gasteiger partial charge in [-0.15, -0.1) is 0 Å². The van der Waals surface area contributed by atoms with E-state index in [1.807, 2.05) is 0 Å². The van der Waals surface area contributed by atoms with Crippen LogP contribution in [0.5, 0.6) is 5.75 Å². The average molecular weight is 396 g/mol. The quantitative estimate of drug-likeness (QED) is 0.477. The minimum Gasteiger partial charge on any atom is -0.508 e. The van der Waals surface area contributed by atoms with Crippen molar-refractivity contribution in [3.63, 3.8) is 0 Å². The lowest BCUT2D eigenvalue weighted by atomic mass is 10.0. The molecular formula is C21H20N2O6. The minimum atomic E-state index is -0.625. The zero-order chi connectivity index (χ0) is 21.0. The number of β-amino-alcohol motifs (C(OH)–C–C–N with tert-alkyl or cyclic N) is 1. The molecule has 0 radical (unpaired) electrons. The molecule has 29 heavy (non-hydrogen) atoms. The number of aromatic hydroxyl groups is 1. The molecule has 150 valence electrons. The standard InChI is InChI=1S/C21H20N2O6/c1-29-21(28)17-12-23(10-11-24)20(27)18(17)22-15-6-2-13(3-7-15)19(26)14-4-8-16(25)9-5-14/h2-9,22,24-25H,10-12H2,1H3. The summed E-state index contributed by atoms with van der Waals surface area (Å²) in [5, 5.41) is 21.4. The van der Waals surface area contributed by atoms with E-state index in [1.165, 1.54) is 36.3 Å². The topological polar surface area (TPSA) is 116 Å². The van der Waals surface area contributed by atoms with Crippen molar-refractivity contribution in [2.24, 2.45) is 0 Å². The minimum absolute atomic E-state index is 0.0474. The van der Waals surface area contributed by atoms with Crippen LogP contribution in [0, 0.1) is 0 Å². The third-order valence-electron chi connectivity index (χ3n) is 4.50. The lowest BCUT2D eigenvalue weighted by Gasteiger charge is -2.15. The van der Waals surface area contributed by atoms with E-state index in [9.17, 15) is 19.5 Å². The van der Waals surface area contributed by atoms with Crippen molar-refractivity contribution in [3.05, 3.63) is 70.9 Å². The summed E-state index contributed by atoms with van der Waals surface area (Å²) in [4.78, 5) is 38.4. The van der Waals surface area contributed by atoms with E-state index in [0.29, 0.717) is 16.8 Å². The van der Waals surface area contributed by atoms with Crippen LogP contribution in [-0.2, 0) is 14.3 Å². The number of amides is 1. The van der Waals surface area contributed by atoms with Gasteiger partial charge in [-0.1, -0.05) is 0 Å². The monoisotopic (exact) mass is 396 g/mol. The number of methoxy groups -OCH3 is 1. The van der Waals surface area contributed by atoms with Gasteiger partial charge in [0.1, 0.15) is 11.4 Å². The molecule has 1 amide bonds. The molecule has 0 saturated carbocycles. The number of phenols is 1. The Morgan fingerprint density at radius 2 is 1.66 bits per heavy atom. The van der Waals surface area contributed by atoms with Gasteiger partial charge in [-0.2, -0.15) is 0 Å². The zero-order valence-electron chi connectivity index (χ0n) is 15.7. The Bertz CT molecular complexity index is 964. The Morgan fingerprint density at radius 1 is 1.07 bits per heavy atom. The van der Waals surface area contributed by atoms with Gasteiger partial charge in [-0.25, -0.2) is 4.79 Å². The smallest absolute Gasteiger partial charge is 0.337 e. The molecule has 2 aromatic rings. The molecule has 8 heteroatoms. The lowest BCUT2D eigenvalue weighted by Crippen LogP contribution is -2.31. The van der Waals surface area contributed by atoms with Gasteiger partial charge < -0.3 is 25.2 Å². The molecule has 0 unspecified atom stereocenters. The zero-order valence-corrected chi connectivity index (χ0v) is 15.7. The number of rotatable bonds is 7. The Hall–Kier alpha value is -3.65. The van der Waals surface area contributed by atoms with Crippen molar-refractivity contribution in [3.8, 4) is 5.75 Å². The number of hydrogen-bond acceptors (Lipinski definition) is 7. The first-order valence-electron chi connectivity index (χ1n) is 8.87. The van der Waals surface area contributed by atoms with Gasteiger partial charge in [0, 0.05) is 23.4 Å². The van der Waals surface area contributed by atoms with Gasteiger partial charge >= 0.3 is 5.97 Å². The van der Waals surface area contributed by atoms with Crippen molar-refractivity contribution in [2.75, 3.05) is 32.1 Å². The van der Waals surface area contributed by atoms with Crippen LogP contribution in [0.3, 0.4) is 0 Å². The van der Waals surface area contributed by atoms with Crippen LogP contribution in [0.15, 0.2) is 59.8 Å². The molecule has 0 bridgehead atoms. The first-order chi connectivity index (χ1) is 13.9. The number of nitrogens with zero attached hydrogens (tertiary/aromatic N) is 1. The molecular weight excluding hydrogens is 376 g/mol. The normalized spacial score (nSPS) is 13.6. The molecule has 3 rings (SSSR count). The van der Waals surface area contributed by atoms with E-state index in [-0.39, 0.29) is 42.5 Å². The number of esters is 1. The van der Waals surface area contributed by atoms with E-state index in [4.69, 9.17) is 9.84 Å². The summed E-state index contributed by atoms with van der Waals surface area (Å²) in [7, 11) is 1.23. The molecule has 0 saturated heterocycles. The highest BCUT2D eigenvalue weighted by atomic mass is 16.5. The Balaban J connectivity index is 1.80. The van der Waals surface area contributed by atoms with Gasteiger partial charge in [-0.05, 0) is 48.5 Å². The maximum Gasteiger partial charge on any atom is 0.337 e. The lowest BCUT2D eigenvalue weighted by molar-refractivity contribution is -0.136. The van der Waals surface area contributed by atoms with Crippen molar-refractivity contribution < 1.29 is 29.3 Å². The molecule has 2 aromatic carbocycles. The van der Waals surface area contributed by atoms with Gasteiger partial charge in [0.2, 0.25) is 0 Å². The third kappa shape index (κ3) is 4.27. The highest BCUT2D eigenvalue weighted by Crippen LogP contribution is 2.23. The molecule has 8 nitrogen and oxygen atoms in total. The maximum absolute atomic E-state index is 12.5. The van der Waals surface area contributed by atoms with Crippen LogP contribution >= 0.6 is 0 Å². The van der Waals surface area contributed by atoms with Crippen LogP contribution in [0.2, 0.25) is 0 Å². The second kappa shape index (κ2) is 8.57. The van der Waals surface area contributed by atoms with Crippen LogP contribution < -0.4 is 5.32 Å². The summed E-state index contributed by atoms with van der Waals surface area (Å²) in [5.74, 6) is -1.17. The van der Waals surface area contributed by atoms with Gasteiger partial charge in [0.25, 0.3) is 5.91 Å². The first kappa shape index (κ1) is 20.1. The molecule has 0 atom stereocenters. The van der Waals surface area contributed by atoms with Crippen LogP contribution in [0.4, 0.5) is 5.69 Å². The first-order valence-corrected chi connectivity index (χ1v) is 8.87. The van der Waals surface area contributed by atoms with E-state index in [2.05, 4.69) is 5.32 Å². The van der Waals surface area contributed by atoms with Crippen LogP contribution in [0.1, 0.15) is 15.9 Å². The molecule has 1 heterocycles. The predicted molar refractivity (Wildman–Crippen MR) is 104 cm³/mol. The highest BCUT2D eigenvalue weighted by molar-refractivity contribution is 6.10. The number of aliphatic hydroxyl groups is 1. The van der Waals surface area contributed by atoms with E-state index in [0.717, 1.165) is 0 Å². The summed E-state index contributed by atoms with van der Waals surface area (Å²) >= 11 is 0. The number of nitrogens with one attached hydrogen (secondary N) is 1. The number of anilines is 1. The Morgan fingerprint density at radius 3 is 2.21 bits per heavy atom. The van der Waals surface area contributed by atoms with Crippen molar-refractivity contribution in [2.45, 2.75) is 0 Å². The van der Waals surface area contributed by atoms with Gasteiger partial charge in [-0.3, -0.25) is 9.59 Å². The summed E-state index contributed by atoms with van der Waals surface area (Å²) < 4.78 is 4.74. The molecule has 0 fully saturated rings. The summed E-state index contributed by atoms with van der Waals surface area (Å²) in [6.07, 6.45) is 0. The average Bonchev–Trinajstić information content (AvgIpc) is 3.04. The number of carbonyl (C=O) groups is 3. The number of aliphatic hydroxyl groups excluding tert-OH is 1.